The molecule has 0 spiro atoms. The van der Waals surface area contributed by atoms with Crippen molar-refractivity contribution in [1.82, 2.24) is 10.2 Å². The summed E-state index contributed by atoms with van der Waals surface area (Å²) in [5, 5.41) is 3.08. The maximum absolute atomic E-state index is 14.5. The number of hydrogen-bond donors (Lipinski definition) is 1. The van der Waals surface area contributed by atoms with Crippen LogP contribution in [0.5, 0.6) is 5.75 Å². The second kappa shape index (κ2) is 7.79. The smallest absolute Gasteiger partial charge is 0.222 e. The lowest BCUT2D eigenvalue weighted by Crippen LogP contribution is -2.45. The first-order valence-electron chi connectivity index (χ1n) is 11.5. The third-order valence-corrected chi connectivity index (χ3v) is 7.57. The van der Waals surface area contributed by atoms with Crippen LogP contribution in [0.3, 0.4) is 0 Å². The molecule has 0 radical (unpaired) electrons. The number of fused-ring (bicyclic) bond motifs is 2. The third-order valence-electron chi connectivity index (χ3n) is 7.57. The van der Waals surface area contributed by atoms with E-state index in [2.05, 4.69) is 31.0 Å². The Bertz CT molecular complexity index is 886. The Morgan fingerprint density at radius 1 is 1.29 bits per heavy atom. The molecule has 1 aromatic carbocycles. The molecule has 2 saturated heterocycles. The highest BCUT2D eigenvalue weighted by atomic mass is 19.1. The fraction of sp³-hybridized carbons (Fsp3) is 0.680. The van der Waals surface area contributed by atoms with Gasteiger partial charge in [0.05, 0.1) is 7.11 Å². The molecule has 170 valence electrons. The predicted octanol–water partition coefficient (Wildman–Crippen LogP) is 4.23. The topological polar surface area (TPSA) is 58.6 Å². The molecule has 3 fully saturated rings. The zero-order chi connectivity index (χ0) is 22.4. The second-order valence-electron chi connectivity index (χ2n) is 11.2. The number of rotatable bonds is 6. The molecule has 1 N–H and O–H groups in total. The van der Waals surface area contributed by atoms with Crippen molar-refractivity contribution >= 4 is 11.8 Å². The van der Waals surface area contributed by atoms with E-state index in [1.54, 1.807) is 19.2 Å². The number of ether oxygens (including phenoxy) is 1. The SMILES string of the molecule is COc1ccc(F)c(CC2(CCC(=O)N3CC4(C)CC3CC(C)(C)C4)CCC(=O)N2)c1. The van der Waals surface area contributed by atoms with Crippen LogP contribution in [0.15, 0.2) is 18.2 Å². The van der Waals surface area contributed by atoms with Crippen molar-refractivity contribution in [3.8, 4) is 5.75 Å². The normalized spacial score (nSPS) is 31.6. The number of methoxy groups -OCH3 is 1. The Morgan fingerprint density at radius 2 is 2.06 bits per heavy atom. The van der Waals surface area contributed by atoms with Crippen molar-refractivity contribution in [2.24, 2.45) is 10.8 Å². The first-order valence-corrected chi connectivity index (χ1v) is 11.5. The van der Waals surface area contributed by atoms with Gasteiger partial charge in [-0.2, -0.15) is 0 Å². The Labute approximate surface area is 184 Å². The van der Waals surface area contributed by atoms with Crippen molar-refractivity contribution in [3.05, 3.63) is 29.6 Å². The van der Waals surface area contributed by atoms with Gasteiger partial charge in [-0.05, 0) is 73.1 Å². The van der Waals surface area contributed by atoms with Crippen LogP contribution in [0.4, 0.5) is 4.39 Å². The molecule has 2 amide bonds. The fourth-order valence-corrected chi connectivity index (χ4v) is 6.60. The van der Waals surface area contributed by atoms with E-state index in [0.29, 0.717) is 49.5 Å². The average molecular weight is 431 g/mol. The molecular weight excluding hydrogens is 395 g/mol. The third kappa shape index (κ3) is 4.58. The quantitative estimate of drug-likeness (QED) is 0.735. The molecule has 3 aliphatic rings. The molecule has 2 bridgehead atoms. The van der Waals surface area contributed by atoms with Crippen LogP contribution in [-0.4, -0.2) is 41.9 Å². The lowest BCUT2D eigenvalue weighted by Gasteiger charge is -2.39. The van der Waals surface area contributed by atoms with Gasteiger partial charge in [0.2, 0.25) is 11.8 Å². The number of amides is 2. The number of carbonyl (C=O) groups is 2. The predicted molar refractivity (Wildman–Crippen MR) is 117 cm³/mol. The minimum Gasteiger partial charge on any atom is -0.497 e. The standard InChI is InChI=1S/C25H35FN2O3/c1-23(2)13-18-14-24(3,15-23)16-28(18)22(30)8-10-25(9-7-21(29)27-25)12-17-11-19(31-4)5-6-20(17)26/h5-6,11,18H,7-10,12-16H2,1-4H3,(H,27,29). The minimum atomic E-state index is -0.585. The van der Waals surface area contributed by atoms with E-state index >= 15 is 0 Å². The van der Waals surface area contributed by atoms with Crippen molar-refractivity contribution in [2.45, 2.75) is 83.7 Å². The highest BCUT2D eigenvalue weighted by Crippen LogP contribution is 2.52. The molecule has 1 saturated carbocycles. The van der Waals surface area contributed by atoms with E-state index in [-0.39, 0.29) is 28.5 Å². The first kappa shape index (κ1) is 22.1. The molecule has 5 nitrogen and oxygen atoms in total. The Hall–Kier alpha value is -2.11. The van der Waals surface area contributed by atoms with Gasteiger partial charge in [-0.15, -0.1) is 0 Å². The van der Waals surface area contributed by atoms with Gasteiger partial charge < -0.3 is 15.0 Å². The Balaban J connectivity index is 1.47. The van der Waals surface area contributed by atoms with E-state index in [9.17, 15) is 14.0 Å². The zero-order valence-electron chi connectivity index (χ0n) is 19.2. The number of hydrogen-bond acceptors (Lipinski definition) is 3. The largest absolute Gasteiger partial charge is 0.497 e. The number of halogens is 1. The zero-order valence-corrected chi connectivity index (χ0v) is 19.2. The molecule has 2 heterocycles. The lowest BCUT2D eigenvalue weighted by molar-refractivity contribution is -0.133. The number of nitrogens with zero attached hydrogens (tertiary/aromatic N) is 1. The van der Waals surface area contributed by atoms with Gasteiger partial charge in [-0.3, -0.25) is 9.59 Å². The molecule has 0 aromatic heterocycles. The van der Waals surface area contributed by atoms with Crippen LogP contribution in [-0.2, 0) is 16.0 Å². The molecule has 4 rings (SSSR count). The monoisotopic (exact) mass is 430 g/mol. The summed E-state index contributed by atoms with van der Waals surface area (Å²) >= 11 is 0. The van der Waals surface area contributed by atoms with Crippen molar-refractivity contribution < 1.29 is 18.7 Å². The maximum atomic E-state index is 14.5. The molecule has 3 atom stereocenters. The fourth-order valence-electron chi connectivity index (χ4n) is 6.60. The molecule has 1 aliphatic carbocycles. The first-order chi connectivity index (χ1) is 14.5. The van der Waals surface area contributed by atoms with Crippen LogP contribution in [0.2, 0.25) is 0 Å². The van der Waals surface area contributed by atoms with Crippen molar-refractivity contribution in [2.75, 3.05) is 13.7 Å². The van der Waals surface area contributed by atoms with Gasteiger partial charge in [-0.1, -0.05) is 20.8 Å². The van der Waals surface area contributed by atoms with Crippen LogP contribution >= 0.6 is 0 Å². The van der Waals surface area contributed by atoms with Gasteiger partial charge in [0.1, 0.15) is 11.6 Å². The number of carbonyl (C=O) groups excluding carboxylic acids is 2. The molecule has 3 unspecified atom stereocenters. The highest BCUT2D eigenvalue weighted by molar-refractivity contribution is 5.80. The molecule has 1 aromatic rings. The lowest BCUT2D eigenvalue weighted by atomic mass is 9.65. The summed E-state index contributed by atoms with van der Waals surface area (Å²) in [6.45, 7) is 7.73. The number of benzene rings is 1. The van der Waals surface area contributed by atoms with E-state index in [4.69, 9.17) is 4.74 Å². The number of nitrogens with one attached hydrogen (secondary N) is 1. The van der Waals surface area contributed by atoms with Crippen LogP contribution in [0.1, 0.15) is 71.3 Å². The summed E-state index contributed by atoms with van der Waals surface area (Å²) in [5.41, 5.74) is 0.389. The van der Waals surface area contributed by atoms with Crippen molar-refractivity contribution in [1.29, 1.82) is 0 Å². The van der Waals surface area contributed by atoms with Gasteiger partial charge in [-0.25, -0.2) is 4.39 Å². The molecule has 31 heavy (non-hydrogen) atoms. The van der Waals surface area contributed by atoms with Crippen LogP contribution in [0, 0.1) is 16.6 Å². The number of likely N-dealkylation sites (tertiary alicyclic amines) is 1. The van der Waals surface area contributed by atoms with Gasteiger partial charge in [0, 0.05) is 31.0 Å². The molecular formula is C25H35FN2O3. The van der Waals surface area contributed by atoms with Crippen LogP contribution in [0.25, 0.3) is 0 Å². The molecule has 2 aliphatic heterocycles. The Kier molecular flexibility index (Phi) is 5.55. The summed E-state index contributed by atoms with van der Waals surface area (Å²) in [4.78, 5) is 27.4. The van der Waals surface area contributed by atoms with E-state index in [1.807, 2.05) is 0 Å². The van der Waals surface area contributed by atoms with E-state index < -0.39 is 5.54 Å². The minimum absolute atomic E-state index is 0.0259. The van der Waals surface area contributed by atoms with Crippen molar-refractivity contribution in [3.63, 3.8) is 0 Å². The average Bonchev–Trinajstić information content (AvgIpc) is 3.17. The van der Waals surface area contributed by atoms with E-state index in [0.717, 1.165) is 25.8 Å². The maximum Gasteiger partial charge on any atom is 0.222 e. The summed E-state index contributed by atoms with van der Waals surface area (Å²) in [5.74, 6) is 0.420. The summed E-state index contributed by atoms with van der Waals surface area (Å²) in [6.07, 6.45) is 5.57. The Morgan fingerprint density at radius 3 is 2.74 bits per heavy atom. The van der Waals surface area contributed by atoms with E-state index in [1.165, 1.54) is 6.07 Å². The van der Waals surface area contributed by atoms with Crippen LogP contribution < -0.4 is 10.1 Å². The van der Waals surface area contributed by atoms with Gasteiger partial charge in [0.15, 0.2) is 0 Å². The second-order valence-corrected chi connectivity index (χ2v) is 11.2. The van der Waals surface area contributed by atoms with Gasteiger partial charge in [0.25, 0.3) is 0 Å². The van der Waals surface area contributed by atoms with Gasteiger partial charge >= 0.3 is 0 Å². The summed E-state index contributed by atoms with van der Waals surface area (Å²) in [6, 6.07) is 4.99. The summed E-state index contributed by atoms with van der Waals surface area (Å²) < 4.78 is 19.7. The highest BCUT2D eigenvalue weighted by Gasteiger charge is 2.51. The summed E-state index contributed by atoms with van der Waals surface area (Å²) in [7, 11) is 1.55. The molecule has 6 heteroatoms.